The SMILES string of the molecule is C[C@@]1(O)C(COc2cc(F)c3cc(Cl)c(N)nc3c2)=C[C@@H](n2ccc3c(N)ncnc32)C1O. The number of nitrogen functional groups attached to an aromatic ring is 2. The lowest BCUT2D eigenvalue weighted by molar-refractivity contribution is -0.0414. The first-order valence-electron chi connectivity index (χ1n) is 10.0. The molecular weight excluding hydrogens is 451 g/mol. The number of aliphatic hydroxyl groups is 2. The number of nitrogens with two attached hydrogens (primary N) is 2. The Hall–Kier alpha value is -3.47. The summed E-state index contributed by atoms with van der Waals surface area (Å²) in [5, 5.41) is 22.9. The minimum Gasteiger partial charge on any atom is -0.489 e. The lowest BCUT2D eigenvalue weighted by Crippen LogP contribution is -2.41. The average Bonchev–Trinajstić information content (AvgIpc) is 3.28. The Morgan fingerprint density at radius 2 is 2.00 bits per heavy atom. The molecule has 9 nitrogen and oxygen atoms in total. The highest BCUT2D eigenvalue weighted by atomic mass is 35.5. The molecule has 0 saturated carbocycles. The number of ether oxygens (including phenoxy) is 1. The van der Waals surface area contributed by atoms with Crippen molar-refractivity contribution in [3.05, 3.63) is 59.3 Å². The van der Waals surface area contributed by atoms with Crippen LogP contribution < -0.4 is 16.2 Å². The number of hydrogen-bond acceptors (Lipinski definition) is 8. The Labute approximate surface area is 192 Å². The number of aromatic nitrogens is 4. The second-order valence-electron chi connectivity index (χ2n) is 8.11. The van der Waals surface area contributed by atoms with Gasteiger partial charge in [0.15, 0.2) is 0 Å². The van der Waals surface area contributed by atoms with E-state index in [2.05, 4.69) is 15.0 Å². The Bertz CT molecular complexity index is 1440. The molecular formula is C22H20ClFN6O3. The van der Waals surface area contributed by atoms with Gasteiger partial charge in [0.05, 0.1) is 22.0 Å². The van der Waals surface area contributed by atoms with Crippen LogP contribution in [0.1, 0.15) is 13.0 Å². The zero-order valence-electron chi connectivity index (χ0n) is 17.4. The number of anilines is 2. The van der Waals surface area contributed by atoms with Crippen molar-refractivity contribution in [1.29, 1.82) is 0 Å². The third-order valence-corrected chi connectivity index (χ3v) is 6.32. The van der Waals surface area contributed by atoms with Gasteiger partial charge in [-0.15, -0.1) is 0 Å². The van der Waals surface area contributed by atoms with Crippen LogP contribution in [0.3, 0.4) is 0 Å². The standard InChI is InChI=1S/C22H20ClFN6O3/c1-22(32)10(4-17(18(22)31)30-3-2-12-19(25)27-9-28-21(12)30)8-33-11-5-15(24)13-7-14(23)20(26)29-16(13)6-11/h2-7,9,17-18,31-32H,8H2,1H3,(H2,26,29)(H2,25,27,28)/t17-,18?,22-/m1/s1. The monoisotopic (exact) mass is 470 g/mol. The number of benzene rings is 1. The molecule has 6 N–H and O–H groups in total. The summed E-state index contributed by atoms with van der Waals surface area (Å²) in [5.41, 5.74) is 11.3. The van der Waals surface area contributed by atoms with Gasteiger partial charge in [0, 0.05) is 23.7 Å². The van der Waals surface area contributed by atoms with Crippen LogP contribution in [0.15, 0.2) is 48.4 Å². The number of hydrogen-bond donors (Lipinski definition) is 4. The fourth-order valence-electron chi connectivity index (χ4n) is 4.09. The highest BCUT2D eigenvalue weighted by molar-refractivity contribution is 6.33. The van der Waals surface area contributed by atoms with E-state index in [-0.39, 0.29) is 34.1 Å². The molecule has 0 saturated heterocycles. The molecule has 11 heteroatoms. The van der Waals surface area contributed by atoms with Gasteiger partial charge in [0.25, 0.3) is 0 Å². The summed E-state index contributed by atoms with van der Waals surface area (Å²) < 4.78 is 22.0. The van der Waals surface area contributed by atoms with E-state index >= 15 is 0 Å². The fourth-order valence-corrected chi connectivity index (χ4v) is 4.24. The van der Waals surface area contributed by atoms with Gasteiger partial charge >= 0.3 is 0 Å². The van der Waals surface area contributed by atoms with Gasteiger partial charge in [-0.05, 0) is 24.6 Å². The second-order valence-corrected chi connectivity index (χ2v) is 8.52. The third-order valence-electron chi connectivity index (χ3n) is 6.01. The van der Waals surface area contributed by atoms with Gasteiger partial charge < -0.3 is 31.0 Å². The Morgan fingerprint density at radius 1 is 1.21 bits per heavy atom. The molecule has 1 aromatic carbocycles. The number of rotatable bonds is 4. The Kier molecular flexibility index (Phi) is 4.89. The van der Waals surface area contributed by atoms with Crippen LogP contribution in [-0.4, -0.2) is 48.0 Å². The number of fused-ring (bicyclic) bond motifs is 2. The molecule has 3 atom stereocenters. The summed E-state index contributed by atoms with van der Waals surface area (Å²) in [6.45, 7) is 1.40. The largest absolute Gasteiger partial charge is 0.489 e. The summed E-state index contributed by atoms with van der Waals surface area (Å²) in [5.74, 6) is 0.0183. The highest BCUT2D eigenvalue weighted by Gasteiger charge is 2.46. The van der Waals surface area contributed by atoms with Gasteiger partial charge in [-0.25, -0.2) is 19.3 Å². The van der Waals surface area contributed by atoms with Crippen LogP contribution in [0.5, 0.6) is 5.75 Å². The minimum absolute atomic E-state index is 0.0801. The predicted molar refractivity (Wildman–Crippen MR) is 122 cm³/mol. The van der Waals surface area contributed by atoms with Gasteiger partial charge in [-0.1, -0.05) is 17.7 Å². The normalized spacial score (nSPS) is 22.8. The van der Waals surface area contributed by atoms with E-state index < -0.39 is 23.6 Å². The number of aliphatic hydroxyl groups excluding tert-OH is 1. The fraction of sp³-hybridized carbons (Fsp3) is 0.227. The van der Waals surface area contributed by atoms with Crippen LogP contribution in [0.4, 0.5) is 16.0 Å². The predicted octanol–water partition coefficient (Wildman–Crippen LogP) is 2.61. The van der Waals surface area contributed by atoms with Crippen molar-refractivity contribution in [2.75, 3.05) is 18.1 Å². The lowest BCUT2D eigenvalue weighted by Gasteiger charge is -2.28. The molecule has 3 heterocycles. The van der Waals surface area contributed by atoms with Crippen molar-refractivity contribution in [3.8, 4) is 5.75 Å². The molecule has 1 aliphatic carbocycles. The summed E-state index contributed by atoms with van der Waals surface area (Å²) in [6.07, 6.45) is 3.58. The first-order chi connectivity index (χ1) is 15.7. The van der Waals surface area contributed by atoms with E-state index in [9.17, 15) is 14.6 Å². The second kappa shape index (κ2) is 7.55. The summed E-state index contributed by atoms with van der Waals surface area (Å²) in [4.78, 5) is 12.3. The zero-order valence-corrected chi connectivity index (χ0v) is 18.2. The maximum atomic E-state index is 14.6. The average molecular weight is 471 g/mol. The Morgan fingerprint density at radius 3 is 2.79 bits per heavy atom. The Balaban J connectivity index is 1.45. The number of nitrogens with zero attached hydrogens (tertiary/aromatic N) is 4. The van der Waals surface area contributed by atoms with Crippen LogP contribution in [0, 0.1) is 5.82 Å². The van der Waals surface area contributed by atoms with Crippen LogP contribution in [0.25, 0.3) is 21.9 Å². The minimum atomic E-state index is -1.59. The van der Waals surface area contributed by atoms with Gasteiger partial charge in [-0.3, -0.25) is 0 Å². The van der Waals surface area contributed by atoms with E-state index in [1.807, 2.05) is 0 Å². The molecule has 0 radical (unpaired) electrons. The van der Waals surface area contributed by atoms with E-state index in [1.165, 1.54) is 31.5 Å². The smallest absolute Gasteiger partial charge is 0.146 e. The highest BCUT2D eigenvalue weighted by Crippen LogP contribution is 2.39. The summed E-state index contributed by atoms with van der Waals surface area (Å²) >= 11 is 5.93. The molecule has 4 aromatic rings. The maximum absolute atomic E-state index is 14.6. The molecule has 0 bridgehead atoms. The van der Waals surface area contributed by atoms with Crippen molar-refractivity contribution in [2.45, 2.75) is 24.7 Å². The van der Waals surface area contributed by atoms with E-state index in [0.29, 0.717) is 22.4 Å². The molecule has 0 aliphatic heterocycles. The molecule has 1 aliphatic rings. The van der Waals surface area contributed by atoms with Gasteiger partial charge in [0.2, 0.25) is 0 Å². The first-order valence-corrected chi connectivity index (χ1v) is 10.4. The van der Waals surface area contributed by atoms with E-state index in [0.717, 1.165) is 0 Å². The van der Waals surface area contributed by atoms with E-state index in [4.69, 9.17) is 27.8 Å². The van der Waals surface area contributed by atoms with Crippen LogP contribution >= 0.6 is 11.6 Å². The molecule has 170 valence electrons. The summed E-state index contributed by atoms with van der Waals surface area (Å²) in [7, 11) is 0. The number of pyridine rings is 1. The molecule has 0 amide bonds. The van der Waals surface area contributed by atoms with Crippen molar-refractivity contribution in [2.24, 2.45) is 0 Å². The third kappa shape index (κ3) is 3.43. The quantitative estimate of drug-likeness (QED) is 0.333. The van der Waals surface area contributed by atoms with Gasteiger partial charge in [-0.2, -0.15) is 0 Å². The van der Waals surface area contributed by atoms with Crippen molar-refractivity contribution < 1.29 is 19.3 Å². The summed E-state index contributed by atoms with van der Waals surface area (Å²) in [6, 6.07) is 5.26. The first kappa shape index (κ1) is 21.4. The molecule has 3 aromatic heterocycles. The van der Waals surface area contributed by atoms with Crippen molar-refractivity contribution >= 4 is 45.2 Å². The molecule has 5 rings (SSSR count). The van der Waals surface area contributed by atoms with Crippen molar-refractivity contribution in [3.63, 3.8) is 0 Å². The zero-order chi connectivity index (χ0) is 23.5. The molecule has 1 unspecified atom stereocenters. The molecule has 0 fully saturated rings. The van der Waals surface area contributed by atoms with E-state index in [1.54, 1.807) is 22.9 Å². The molecule has 33 heavy (non-hydrogen) atoms. The lowest BCUT2D eigenvalue weighted by atomic mass is 9.95. The number of halogens is 2. The van der Waals surface area contributed by atoms with Gasteiger partial charge in [0.1, 0.15) is 53.5 Å². The van der Waals surface area contributed by atoms with Crippen molar-refractivity contribution in [1.82, 2.24) is 19.5 Å². The topological polar surface area (TPSA) is 145 Å². The van der Waals surface area contributed by atoms with Crippen LogP contribution in [-0.2, 0) is 0 Å². The van der Waals surface area contributed by atoms with Crippen LogP contribution in [0.2, 0.25) is 5.02 Å². The molecule has 0 spiro atoms. The maximum Gasteiger partial charge on any atom is 0.146 e.